The van der Waals surface area contributed by atoms with Crippen molar-refractivity contribution in [2.45, 2.75) is 18.7 Å². The maximum absolute atomic E-state index is 13.4. The van der Waals surface area contributed by atoms with Crippen molar-refractivity contribution in [3.05, 3.63) is 59.4 Å². The van der Waals surface area contributed by atoms with Crippen LogP contribution in [0.15, 0.2) is 47.4 Å². The number of halogens is 1. The first-order valence-electron chi connectivity index (χ1n) is 7.96. The third-order valence-corrected chi connectivity index (χ3v) is 5.10. The maximum atomic E-state index is 13.4. The van der Waals surface area contributed by atoms with E-state index in [-0.39, 0.29) is 10.6 Å². The van der Waals surface area contributed by atoms with Gasteiger partial charge in [-0.25, -0.2) is 12.8 Å². The minimum Gasteiger partial charge on any atom is -0.455 e. The first kappa shape index (κ1) is 20.5. The van der Waals surface area contributed by atoms with Gasteiger partial charge in [0, 0.05) is 0 Å². The zero-order chi connectivity index (χ0) is 20.0. The molecule has 0 saturated carbocycles. The molecule has 1 amide bonds. The fourth-order valence-electron chi connectivity index (χ4n) is 2.17. The molecule has 0 spiro atoms. The van der Waals surface area contributed by atoms with Crippen molar-refractivity contribution in [2.75, 3.05) is 18.5 Å². The number of esters is 1. The third kappa shape index (κ3) is 5.87. The highest BCUT2D eigenvalue weighted by Crippen LogP contribution is 2.16. The lowest BCUT2D eigenvalue weighted by Crippen LogP contribution is -2.32. The Balaban J connectivity index is 1.86. The number of carbonyl (C=O) groups is 2. The first-order chi connectivity index (χ1) is 12.7. The molecule has 0 unspecified atom stereocenters. The lowest BCUT2D eigenvalue weighted by atomic mass is 10.2. The summed E-state index contributed by atoms with van der Waals surface area (Å²) in [5.74, 6) is -2.31. The number of benzene rings is 2. The molecule has 2 rings (SSSR count). The molecule has 0 aliphatic rings. The second-order valence-corrected chi connectivity index (χ2v) is 7.52. The molecule has 0 radical (unpaired) electrons. The number of para-hydroxylation sites is 1. The Kier molecular flexibility index (Phi) is 6.65. The van der Waals surface area contributed by atoms with Gasteiger partial charge in [-0.05, 0) is 43.2 Å². The Morgan fingerprint density at radius 1 is 1.11 bits per heavy atom. The molecule has 27 heavy (non-hydrogen) atoms. The molecule has 144 valence electrons. The number of carbonyl (C=O) groups excluding carboxylic acids is 2. The summed E-state index contributed by atoms with van der Waals surface area (Å²) in [4.78, 5) is 23.4. The smallest absolute Gasteiger partial charge is 0.321 e. The molecule has 0 heterocycles. The summed E-state index contributed by atoms with van der Waals surface area (Å²) in [6, 6.07) is 10.5. The van der Waals surface area contributed by atoms with Crippen molar-refractivity contribution >= 4 is 27.6 Å². The van der Waals surface area contributed by atoms with Crippen molar-refractivity contribution in [3.8, 4) is 0 Å². The zero-order valence-corrected chi connectivity index (χ0v) is 15.6. The van der Waals surface area contributed by atoms with Gasteiger partial charge in [0.25, 0.3) is 5.91 Å². The summed E-state index contributed by atoms with van der Waals surface area (Å²) in [5, 5.41) is 2.25. The molecule has 0 saturated heterocycles. The summed E-state index contributed by atoms with van der Waals surface area (Å²) in [5.41, 5.74) is 1.24. The molecule has 0 fully saturated rings. The SMILES string of the molecule is Cc1ccc(C)c(S(=O)(=O)NCC(=O)OCC(=O)Nc2ccccc2F)c1. The van der Waals surface area contributed by atoms with Crippen LogP contribution in [0, 0.1) is 19.7 Å². The molecule has 9 heteroatoms. The van der Waals surface area contributed by atoms with Crippen LogP contribution in [0.25, 0.3) is 0 Å². The lowest BCUT2D eigenvalue weighted by molar-refractivity contribution is -0.146. The van der Waals surface area contributed by atoms with Gasteiger partial charge in [-0.1, -0.05) is 24.3 Å². The van der Waals surface area contributed by atoms with Gasteiger partial charge in [-0.2, -0.15) is 4.72 Å². The Morgan fingerprint density at radius 2 is 1.81 bits per heavy atom. The molecule has 0 atom stereocenters. The van der Waals surface area contributed by atoms with E-state index in [1.54, 1.807) is 26.0 Å². The molecule has 2 aromatic rings. The number of amides is 1. The number of hydrogen-bond donors (Lipinski definition) is 2. The summed E-state index contributed by atoms with van der Waals surface area (Å²) < 4.78 is 44.8. The molecular formula is C18H19FN2O5S. The highest BCUT2D eigenvalue weighted by Gasteiger charge is 2.19. The van der Waals surface area contributed by atoms with Crippen molar-refractivity contribution < 1.29 is 27.1 Å². The van der Waals surface area contributed by atoms with Gasteiger partial charge in [0.05, 0.1) is 10.6 Å². The Labute approximate surface area is 156 Å². The largest absolute Gasteiger partial charge is 0.455 e. The number of ether oxygens (including phenoxy) is 1. The van der Waals surface area contributed by atoms with Crippen LogP contribution in [0.2, 0.25) is 0 Å². The van der Waals surface area contributed by atoms with Crippen LogP contribution in [0.3, 0.4) is 0 Å². The molecule has 2 N–H and O–H groups in total. The lowest BCUT2D eigenvalue weighted by Gasteiger charge is -2.10. The second-order valence-electron chi connectivity index (χ2n) is 5.78. The fourth-order valence-corrected chi connectivity index (χ4v) is 3.47. The van der Waals surface area contributed by atoms with Crippen LogP contribution in [-0.4, -0.2) is 33.4 Å². The van der Waals surface area contributed by atoms with E-state index in [9.17, 15) is 22.4 Å². The van der Waals surface area contributed by atoms with Crippen molar-refractivity contribution in [1.29, 1.82) is 0 Å². The number of nitrogens with one attached hydrogen (secondary N) is 2. The standard InChI is InChI=1S/C18H19FN2O5S/c1-12-7-8-13(2)16(9-12)27(24,25)20-10-18(23)26-11-17(22)21-15-6-4-3-5-14(15)19/h3-9,20H,10-11H2,1-2H3,(H,21,22). The van der Waals surface area contributed by atoms with Gasteiger partial charge >= 0.3 is 5.97 Å². The van der Waals surface area contributed by atoms with Crippen LogP contribution in [0.4, 0.5) is 10.1 Å². The average molecular weight is 394 g/mol. The molecule has 0 aliphatic carbocycles. The summed E-state index contributed by atoms with van der Waals surface area (Å²) in [7, 11) is -3.90. The predicted octanol–water partition coefficient (Wildman–Crippen LogP) is 1.90. The van der Waals surface area contributed by atoms with E-state index >= 15 is 0 Å². The van der Waals surface area contributed by atoms with E-state index in [1.807, 2.05) is 0 Å². The molecule has 7 nitrogen and oxygen atoms in total. The van der Waals surface area contributed by atoms with E-state index < -0.39 is 40.9 Å². The predicted molar refractivity (Wildman–Crippen MR) is 97.1 cm³/mol. The topological polar surface area (TPSA) is 102 Å². The summed E-state index contributed by atoms with van der Waals surface area (Å²) >= 11 is 0. The summed E-state index contributed by atoms with van der Waals surface area (Å²) in [6.45, 7) is 2.08. The number of sulfonamides is 1. The molecule has 0 bridgehead atoms. The van der Waals surface area contributed by atoms with Crippen LogP contribution in [0.5, 0.6) is 0 Å². The van der Waals surface area contributed by atoms with Crippen molar-refractivity contribution in [2.24, 2.45) is 0 Å². The number of aryl methyl sites for hydroxylation is 2. The van der Waals surface area contributed by atoms with Gasteiger partial charge in [-0.3, -0.25) is 9.59 Å². The van der Waals surface area contributed by atoms with E-state index in [1.165, 1.54) is 30.3 Å². The van der Waals surface area contributed by atoms with Gasteiger partial charge < -0.3 is 10.1 Å². The highest BCUT2D eigenvalue weighted by atomic mass is 32.2. The Bertz CT molecular complexity index is 960. The zero-order valence-electron chi connectivity index (χ0n) is 14.8. The van der Waals surface area contributed by atoms with E-state index in [0.717, 1.165) is 5.56 Å². The molecular weight excluding hydrogens is 375 g/mol. The number of anilines is 1. The summed E-state index contributed by atoms with van der Waals surface area (Å²) in [6.07, 6.45) is 0. The van der Waals surface area contributed by atoms with Gasteiger partial charge in [0.1, 0.15) is 12.4 Å². The monoisotopic (exact) mass is 394 g/mol. The maximum Gasteiger partial charge on any atom is 0.321 e. The molecule has 0 aromatic heterocycles. The number of rotatable bonds is 7. The Hall–Kier alpha value is -2.78. The van der Waals surface area contributed by atoms with Crippen LogP contribution < -0.4 is 10.0 Å². The molecule has 0 aliphatic heterocycles. The van der Waals surface area contributed by atoms with Crippen LogP contribution in [-0.2, 0) is 24.3 Å². The highest BCUT2D eigenvalue weighted by molar-refractivity contribution is 7.89. The fraction of sp³-hybridized carbons (Fsp3) is 0.222. The average Bonchev–Trinajstić information content (AvgIpc) is 2.62. The molecule has 2 aromatic carbocycles. The number of hydrogen-bond acceptors (Lipinski definition) is 5. The quantitative estimate of drug-likeness (QED) is 0.699. The van der Waals surface area contributed by atoms with Gasteiger partial charge in [0.15, 0.2) is 6.61 Å². The van der Waals surface area contributed by atoms with E-state index in [0.29, 0.717) is 5.56 Å². The van der Waals surface area contributed by atoms with Crippen LogP contribution >= 0.6 is 0 Å². The van der Waals surface area contributed by atoms with E-state index in [2.05, 4.69) is 10.0 Å². The van der Waals surface area contributed by atoms with Gasteiger partial charge in [-0.15, -0.1) is 0 Å². The van der Waals surface area contributed by atoms with Crippen LogP contribution in [0.1, 0.15) is 11.1 Å². The third-order valence-electron chi connectivity index (χ3n) is 3.55. The Morgan fingerprint density at radius 3 is 2.52 bits per heavy atom. The van der Waals surface area contributed by atoms with Gasteiger partial charge in [0.2, 0.25) is 10.0 Å². The minimum absolute atomic E-state index is 0.0471. The van der Waals surface area contributed by atoms with Crippen molar-refractivity contribution in [3.63, 3.8) is 0 Å². The second kappa shape index (κ2) is 8.74. The van der Waals surface area contributed by atoms with E-state index in [4.69, 9.17) is 4.74 Å². The van der Waals surface area contributed by atoms with Crippen molar-refractivity contribution in [1.82, 2.24) is 4.72 Å². The minimum atomic E-state index is -3.90. The first-order valence-corrected chi connectivity index (χ1v) is 9.44. The normalized spacial score (nSPS) is 11.1.